The lowest BCUT2D eigenvalue weighted by molar-refractivity contribution is -0.163. The fraction of sp³-hybridized carbons (Fsp3) is 0.769. The van der Waals surface area contributed by atoms with E-state index in [1.165, 1.54) is 7.11 Å². The second-order valence-electron chi connectivity index (χ2n) is 5.21. The fourth-order valence-electron chi connectivity index (χ4n) is 2.81. The monoisotopic (exact) mass is 285 g/mol. The summed E-state index contributed by atoms with van der Waals surface area (Å²) in [5.41, 5.74) is 0. The maximum atomic E-state index is 12.4. The van der Waals surface area contributed by atoms with Gasteiger partial charge in [-0.2, -0.15) is 0 Å². The molecule has 20 heavy (non-hydrogen) atoms. The minimum absolute atomic E-state index is 0.0778. The molecule has 0 spiro atoms. The van der Waals surface area contributed by atoms with Crippen LogP contribution in [0.15, 0.2) is 0 Å². The molecule has 0 bridgehead atoms. The van der Waals surface area contributed by atoms with Crippen LogP contribution in [0, 0.1) is 11.8 Å². The Labute approximate surface area is 116 Å². The summed E-state index contributed by atoms with van der Waals surface area (Å²) in [4.78, 5) is 36.3. The van der Waals surface area contributed by atoms with E-state index < -0.39 is 24.0 Å². The lowest BCUT2D eigenvalue weighted by Gasteiger charge is -2.33. The van der Waals surface area contributed by atoms with Crippen molar-refractivity contribution in [3.05, 3.63) is 0 Å². The first-order valence-electron chi connectivity index (χ1n) is 6.74. The van der Waals surface area contributed by atoms with Gasteiger partial charge in [0.25, 0.3) is 0 Å². The Hall–Kier alpha value is -1.63. The number of amides is 1. The molecule has 3 atom stereocenters. The van der Waals surface area contributed by atoms with E-state index in [0.29, 0.717) is 32.4 Å². The van der Waals surface area contributed by atoms with Crippen molar-refractivity contribution in [3.8, 4) is 0 Å². The quantitative estimate of drug-likeness (QED) is 0.727. The van der Waals surface area contributed by atoms with Crippen molar-refractivity contribution >= 4 is 17.8 Å². The highest BCUT2D eigenvalue weighted by atomic mass is 16.6. The average molecular weight is 285 g/mol. The van der Waals surface area contributed by atoms with E-state index in [9.17, 15) is 14.4 Å². The third-order valence-corrected chi connectivity index (χ3v) is 3.97. The summed E-state index contributed by atoms with van der Waals surface area (Å²) in [6.45, 7) is 0.904. The van der Waals surface area contributed by atoms with Crippen molar-refractivity contribution in [3.63, 3.8) is 0 Å². The van der Waals surface area contributed by atoms with Gasteiger partial charge in [-0.3, -0.25) is 9.59 Å². The third-order valence-electron chi connectivity index (χ3n) is 3.97. The van der Waals surface area contributed by atoms with Crippen LogP contribution in [-0.4, -0.2) is 60.8 Å². The van der Waals surface area contributed by atoms with Crippen molar-refractivity contribution in [2.45, 2.75) is 25.4 Å². The third kappa shape index (κ3) is 3.09. The van der Waals surface area contributed by atoms with Gasteiger partial charge < -0.3 is 19.5 Å². The number of rotatable bonds is 3. The van der Waals surface area contributed by atoms with Crippen LogP contribution in [0.5, 0.6) is 0 Å². The molecule has 0 aromatic carbocycles. The SMILES string of the molecule is COC(=O)C1CN(C(=O)C2CCC(C(=O)O)C2)CCO1. The number of carboxylic acids is 1. The molecule has 7 nitrogen and oxygen atoms in total. The van der Waals surface area contributed by atoms with Crippen LogP contribution in [-0.2, 0) is 23.9 Å². The lowest BCUT2D eigenvalue weighted by Crippen LogP contribution is -2.50. The number of ether oxygens (including phenoxy) is 2. The summed E-state index contributed by atoms with van der Waals surface area (Å²) in [6, 6.07) is 0. The predicted octanol–water partition coefficient (Wildman–Crippen LogP) is -0.112. The van der Waals surface area contributed by atoms with Gasteiger partial charge in [-0.05, 0) is 19.3 Å². The summed E-state index contributed by atoms with van der Waals surface area (Å²) in [5, 5.41) is 8.96. The molecule has 0 aromatic heterocycles. The first kappa shape index (κ1) is 14.8. The van der Waals surface area contributed by atoms with Crippen molar-refractivity contribution in [1.29, 1.82) is 0 Å². The highest BCUT2D eigenvalue weighted by Crippen LogP contribution is 2.32. The Morgan fingerprint density at radius 2 is 1.95 bits per heavy atom. The molecule has 1 saturated carbocycles. The van der Waals surface area contributed by atoms with E-state index >= 15 is 0 Å². The molecular formula is C13H19NO6. The number of hydrogen-bond acceptors (Lipinski definition) is 5. The predicted molar refractivity (Wildman–Crippen MR) is 66.8 cm³/mol. The van der Waals surface area contributed by atoms with Gasteiger partial charge in [0.1, 0.15) is 0 Å². The second kappa shape index (κ2) is 6.21. The Balaban J connectivity index is 1.92. The molecule has 2 rings (SSSR count). The summed E-state index contributed by atoms with van der Waals surface area (Å²) >= 11 is 0. The molecular weight excluding hydrogens is 266 g/mol. The van der Waals surface area contributed by atoms with Gasteiger partial charge in [-0.1, -0.05) is 0 Å². The fourth-order valence-corrected chi connectivity index (χ4v) is 2.81. The van der Waals surface area contributed by atoms with Gasteiger partial charge in [0, 0.05) is 12.5 Å². The van der Waals surface area contributed by atoms with Gasteiger partial charge in [0.2, 0.25) is 5.91 Å². The zero-order valence-electron chi connectivity index (χ0n) is 11.4. The van der Waals surface area contributed by atoms with Gasteiger partial charge in [0.15, 0.2) is 6.10 Å². The number of carbonyl (C=O) groups excluding carboxylic acids is 2. The average Bonchev–Trinajstić information content (AvgIpc) is 2.95. The molecule has 2 aliphatic rings. The molecule has 0 radical (unpaired) electrons. The lowest BCUT2D eigenvalue weighted by atomic mass is 10.0. The normalized spacial score (nSPS) is 30.1. The van der Waals surface area contributed by atoms with Crippen molar-refractivity contribution in [2.24, 2.45) is 11.8 Å². The molecule has 1 amide bonds. The number of nitrogens with zero attached hydrogens (tertiary/aromatic N) is 1. The molecule has 1 N–H and O–H groups in total. The minimum atomic E-state index is -0.838. The molecule has 1 heterocycles. The summed E-state index contributed by atoms with van der Waals surface area (Å²) in [5.74, 6) is -2.09. The molecule has 0 aromatic rings. The zero-order valence-corrected chi connectivity index (χ0v) is 11.4. The number of morpholine rings is 1. The van der Waals surface area contributed by atoms with Gasteiger partial charge >= 0.3 is 11.9 Å². The minimum Gasteiger partial charge on any atom is -0.481 e. The van der Waals surface area contributed by atoms with E-state index in [1.807, 2.05) is 0 Å². The molecule has 1 aliphatic heterocycles. The maximum absolute atomic E-state index is 12.4. The Bertz CT molecular complexity index is 410. The molecule has 7 heteroatoms. The number of esters is 1. The Kier molecular flexibility index (Phi) is 4.59. The Morgan fingerprint density at radius 1 is 1.25 bits per heavy atom. The summed E-state index contributed by atoms with van der Waals surface area (Å²) in [7, 11) is 1.28. The van der Waals surface area contributed by atoms with Crippen LogP contribution < -0.4 is 0 Å². The number of carboxylic acid groups (broad SMARTS) is 1. The van der Waals surface area contributed by atoms with Crippen LogP contribution in [0.1, 0.15) is 19.3 Å². The van der Waals surface area contributed by atoms with Gasteiger partial charge in [0.05, 0.1) is 26.2 Å². The van der Waals surface area contributed by atoms with Crippen LogP contribution >= 0.6 is 0 Å². The van der Waals surface area contributed by atoms with Gasteiger partial charge in [-0.25, -0.2) is 4.79 Å². The smallest absolute Gasteiger partial charge is 0.336 e. The second-order valence-corrected chi connectivity index (χ2v) is 5.21. The maximum Gasteiger partial charge on any atom is 0.336 e. The van der Waals surface area contributed by atoms with Crippen molar-refractivity contribution in [1.82, 2.24) is 4.90 Å². The highest BCUT2D eigenvalue weighted by Gasteiger charge is 2.38. The van der Waals surface area contributed by atoms with E-state index in [0.717, 1.165) is 0 Å². The van der Waals surface area contributed by atoms with Crippen LogP contribution in [0.4, 0.5) is 0 Å². The topological polar surface area (TPSA) is 93.1 Å². The molecule has 1 saturated heterocycles. The van der Waals surface area contributed by atoms with E-state index in [4.69, 9.17) is 9.84 Å². The van der Waals surface area contributed by atoms with Gasteiger partial charge in [-0.15, -0.1) is 0 Å². The molecule has 112 valence electrons. The molecule has 2 fully saturated rings. The van der Waals surface area contributed by atoms with E-state index in [-0.39, 0.29) is 18.4 Å². The standard InChI is InChI=1S/C13H19NO6/c1-19-13(18)10-7-14(4-5-20-10)11(15)8-2-3-9(6-8)12(16)17/h8-10H,2-7H2,1H3,(H,16,17). The van der Waals surface area contributed by atoms with Crippen LogP contribution in [0.25, 0.3) is 0 Å². The summed E-state index contributed by atoms with van der Waals surface area (Å²) < 4.78 is 9.88. The highest BCUT2D eigenvalue weighted by molar-refractivity contribution is 5.82. The molecule has 3 unspecified atom stereocenters. The van der Waals surface area contributed by atoms with Crippen LogP contribution in [0.3, 0.4) is 0 Å². The largest absolute Gasteiger partial charge is 0.481 e. The molecule has 1 aliphatic carbocycles. The zero-order chi connectivity index (χ0) is 14.7. The number of carbonyl (C=O) groups is 3. The number of methoxy groups -OCH3 is 1. The van der Waals surface area contributed by atoms with Crippen molar-refractivity contribution in [2.75, 3.05) is 26.8 Å². The Morgan fingerprint density at radius 3 is 2.55 bits per heavy atom. The van der Waals surface area contributed by atoms with Crippen LogP contribution in [0.2, 0.25) is 0 Å². The summed E-state index contributed by atoms with van der Waals surface area (Å²) in [6.07, 6.45) is 0.774. The van der Waals surface area contributed by atoms with E-state index in [1.54, 1.807) is 4.90 Å². The number of hydrogen-bond donors (Lipinski definition) is 1. The van der Waals surface area contributed by atoms with E-state index in [2.05, 4.69) is 4.74 Å². The number of aliphatic carboxylic acids is 1. The van der Waals surface area contributed by atoms with Crippen molar-refractivity contribution < 1.29 is 29.0 Å². The first-order chi connectivity index (χ1) is 9.52. The first-order valence-corrected chi connectivity index (χ1v) is 6.74.